The van der Waals surface area contributed by atoms with Crippen LogP contribution in [-0.2, 0) is 14.8 Å². The van der Waals surface area contributed by atoms with E-state index in [9.17, 15) is 13.2 Å². The molecule has 3 rings (SSSR count). The first-order chi connectivity index (χ1) is 14.7. The van der Waals surface area contributed by atoms with Crippen LogP contribution in [0, 0.1) is 12.8 Å². The highest BCUT2D eigenvalue weighted by atomic mass is 35.5. The number of ether oxygens (including phenoxy) is 1. The number of hydrogen-bond acceptors (Lipinski definition) is 4. The van der Waals surface area contributed by atoms with Gasteiger partial charge in [0.25, 0.3) is 0 Å². The molecular weight excluding hydrogens is 459 g/mol. The van der Waals surface area contributed by atoms with Gasteiger partial charge in [-0.1, -0.05) is 47.0 Å². The zero-order valence-electron chi connectivity index (χ0n) is 17.6. The Morgan fingerprint density at radius 2 is 1.68 bits per heavy atom. The van der Waals surface area contributed by atoms with Gasteiger partial charge < -0.3 is 9.64 Å². The molecule has 0 radical (unpaired) electrons. The third kappa shape index (κ3) is 5.71. The van der Waals surface area contributed by atoms with E-state index in [1.165, 1.54) is 16.4 Å². The SMILES string of the molecule is Cc1ccc(OCCN(C)C(=O)C2CCN(S(=O)(=O)c3c(Cl)cccc3Cl)CC2)cc1. The van der Waals surface area contributed by atoms with E-state index in [1.807, 2.05) is 31.2 Å². The van der Waals surface area contributed by atoms with Crippen molar-refractivity contribution in [3.63, 3.8) is 0 Å². The number of aryl methyl sites for hydroxylation is 1. The van der Waals surface area contributed by atoms with Crippen LogP contribution in [-0.4, -0.2) is 56.8 Å². The van der Waals surface area contributed by atoms with Crippen LogP contribution in [0.2, 0.25) is 10.0 Å². The van der Waals surface area contributed by atoms with E-state index in [0.29, 0.717) is 26.0 Å². The van der Waals surface area contributed by atoms with Gasteiger partial charge in [0.05, 0.1) is 16.6 Å². The summed E-state index contributed by atoms with van der Waals surface area (Å²) in [7, 11) is -2.07. The molecule has 1 heterocycles. The Morgan fingerprint density at radius 3 is 2.26 bits per heavy atom. The lowest BCUT2D eigenvalue weighted by molar-refractivity contribution is -0.135. The predicted octanol–water partition coefficient (Wildman–Crippen LogP) is 4.24. The van der Waals surface area contributed by atoms with Gasteiger partial charge in [0.1, 0.15) is 17.3 Å². The van der Waals surface area contributed by atoms with E-state index in [2.05, 4.69) is 0 Å². The third-order valence-corrected chi connectivity index (χ3v) is 8.27. The summed E-state index contributed by atoms with van der Waals surface area (Å²) in [5, 5.41) is 0.193. The molecule has 1 saturated heterocycles. The highest BCUT2D eigenvalue weighted by Gasteiger charge is 2.35. The van der Waals surface area contributed by atoms with Gasteiger partial charge in [-0.05, 0) is 44.0 Å². The second kappa shape index (κ2) is 10.2. The van der Waals surface area contributed by atoms with E-state index in [4.69, 9.17) is 27.9 Å². The highest BCUT2D eigenvalue weighted by molar-refractivity contribution is 7.89. The molecule has 0 atom stereocenters. The van der Waals surface area contributed by atoms with E-state index in [-0.39, 0.29) is 39.9 Å². The quantitative estimate of drug-likeness (QED) is 0.589. The molecule has 1 aliphatic rings. The fraction of sp³-hybridized carbons (Fsp3) is 0.409. The standard InChI is InChI=1S/C22H26Cl2N2O4S/c1-16-6-8-18(9-7-16)30-15-14-25(2)22(27)17-10-12-26(13-11-17)31(28,29)21-19(23)4-3-5-20(21)24/h3-9,17H,10-15H2,1-2H3. The Balaban J connectivity index is 1.52. The topological polar surface area (TPSA) is 66.9 Å². The van der Waals surface area contributed by atoms with E-state index in [1.54, 1.807) is 18.0 Å². The molecule has 0 aromatic heterocycles. The smallest absolute Gasteiger partial charge is 0.246 e. The van der Waals surface area contributed by atoms with Crippen LogP contribution in [0.1, 0.15) is 18.4 Å². The first-order valence-electron chi connectivity index (χ1n) is 10.1. The normalized spacial score (nSPS) is 15.6. The summed E-state index contributed by atoms with van der Waals surface area (Å²) in [6.07, 6.45) is 0.895. The minimum Gasteiger partial charge on any atom is -0.492 e. The molecule has 1 amide bonds. The number of carbonyl (C=O) groups is 1. The molecule has 1 aliphatic heterocycles. The number of amides is 1. The van der Waals surface area contributed by atoms with Gasteiger partial charge in [-0.25, -0.2) is 8.42 Å². The van der Waals surface area contributed by atoms with Gasteiger partial charge in [0.2, 0.25) is 15.9 Å². The number of nitrogens with zero attached hydrogens (tertiary/aromatic N) is 2. The molecule has 9 heteroatoms. The summed E-state index contributed by atoms with van der Waals surface area (Å²) < 4.78 is 33.0. The molecule has 0 aliphatic carbocycles. The monoisotopic (exact) mass is 484 g/mol. The third-order valence-electron chi connectivity index (χ3n) is 5.41. The molecule has 6 nitrogen and oxygen atoms in total. The van der Waals surface area contributed by atoms with Gasteiger partial charge in [-0.2, -0.15) is 4.31 Å². The van der Waals surface area contributed by atoms with Gasteiger partial charge in [0, 0.05) is 26.1 Å². The number of piperidine rings is 1. The average Bonchev–Trinajstić information content (AvgIpc) is 2.74. The second-order valence-corrected chi connectivity index (χ2v) is 10.3. The Kier molecular flexibility index (Phi) is 7.86. The Labute approximate surface area is 193 Å². The van der Waals surface area contributed by atoms with Gasteiger partial charge in [0.15, 0.2) is 0 Å². The molecule has 0 bridgehead atoms. The number of rotatable bonds is 7. The van der Waals surface area contributed by atoms with Crippen molar-refractivity contribution in [3.8, 4) is 5.75 Å². The molecule has 1 fully saturated rings. The predicted molar refractivity (Wildman–Crippen MR) is 122 cm³/mol. The van der Waals surface area contributed by atoms with E-state index >= 15 is 0 Å². The van der Waals surface area contributed by atoms with Crippen LogP contribution in [0.15, 0.2) is 47.4 Å². The van der Waals surface area contributed by atoms with Crippen molar-refractivity contribution < 1.29 is 17.9 Å². The molecule has 168 valence electrons. The first-order valence-corrected chi connectivity index (χ1v) is 12.3. The zero-order valence-corrected chi connectivity index (χ0v) is 19.9. The molecule has 2 aromatic rings. The van der Waals surface area contributed by atoms with Gasteiger partial charge in [-0.15, -0.1) is 0 Å². The fourth-order valence-corrected chi connectivity index (χ4v) is 6.12. The minimum atomic E-state index is -3.82. The maximum absolute atomic E-state index is 13.0. The van der Waals surface area contributed by atoms with Gasteiger partial charge >= 0.3 is 0 Å². The van der Waals surface area contributed by atoms with Crippen LogP contribution >= 0.6 is 23.2 Å². The summed E-state index contributed by atoms with van der Waals surface area (Å²) in [6, 6.07) is 12.4. The second-order valence-electron chi connectivity index (χ2n) is 7.65. The summed E-state index contributed by atoms with van der Waals surface area (Å²) >= 11 is 12.2. The first kappa shape index (κ1) is 23.9. The Hall–Kier alpha value is -1.80. The van der Waals surface area contributed by atoms with Crippen LogP contribution in [0.4, 0.5) is 0 Å². The van der Waals surface area contributed by atoms with Crippen LogP contribution in [0.5, 0.6) is 5.75 Å². The maximum atomic E-state index is 13.0. The van der Waals surface area contributed by atoms with E-state index in [0.717, 1.165) is 11.3 Å². The lowest BCUT2D eigenvalue weighted by Crippen LogP contribution is -2.44. The lowest BCUT2D eigenvalue weighted by atomic mass is 9.97. The van der Waals surface area contributed by atoms with Crippen LogP contribution in [0.3, 0.4) is 0 Å². The largest absolute Gasteiger partial charge is 0.492 e. The number of benzene rings is 2. The van der Waals surface area contributed by atoms with Crippen LogP contribution < -0.4 is 4.74 Å². The molecule has 0 spiro atoms. The minimum absolute atomic E-state index is 0.000306. The van der Waals surface area contributed by atoms with Crippen molar-refractivity contribution in [3.05, 3.63) is 58.1 Å². The molecule has 0 saturated carbocycles. The number of likely N-dealkylation sites (N-methyl/N-ethyl adjacent to an activating group) is 1. The number of hydrogen-bond donors (Lipinski definition) is 0. The number of carbonyl (C=O) groups excluding carboxylic acids is 1. The summed E-state index contributed by atoms with van der Waals surface area (Å²) in [4.78, 5) is 14.4. The maximum Gasteiger partial charge on any atom is 0.246 e. The number of sulfonamides is 1. The fourth-order valence-electron chi connectivity index (χ4n) is 3.56. The van der Waals surface area contributed by atoms with Crippen LogP contribution in [0.25, 0.3) is 0 Å². The molecule has 0 unspecified atom stereocenters. The summed E-state index contributed by atoms with van der Waals surface area (Å²) in [5.41, 5.74) is 1.16. The summed E-state index contributed by atoms with van der Waals surface area (Å²) in [6.45, 7) is 3.35. The van der Waals surface area contributed by atoms with Crippen molar-refractivity contribution in [2.24, 2.45) is 5.92 Å². The van der Waals surface area contributed by atoms with Crippen molar-refractivity contribution in [1.82, 2.24) is 9.21 Å². The average molecular weight is 485 g/mol. The molecule has 31 heavy (non-hydrogen) atoms. The zero-order chi connectivity index (χ0) is 22.6. The summed E-state index contributed by atoms with van der Waals surface area (Å²) in [5.74, 6) is 0.543. The highest BCUT2D eigenvalue weighted by Crippen LogP contribution is 2.33. The Morgan fingerprint density at radius 1 is 1.10 bits per heavy atom. The van der Waals surface area contributed by atoms with Crippen molar-refractivity contribution >= 4 is 39.1 Å². The van der Waals surface area contributed by atoms with Crippen molar-refractivity contribution in [2.45, 2.75) is 24.7 Å². The molecule has 2 aromatic carbocycles. The lowest BCUT2D eigenvalue weighted by Gasteiger charge is -2.32. The van der Waals surface area contributed by atoms with Crippen molar-refractivity contribution in [2.75, 3.05) is 33.3 Å². The Bertz CT molecular complexity index is 1000. The molecular formula is C22H26Cl2N2O4S. The van der Waals surface area contributed by atoms with Crippen molar-refractivity contribution in [1.29, 1.82) is 0 Å². The number of halogens is 2. The van der Waals surface area contributed by atoms with Gasteiger partial charge in [-0.3, -0.25) is 4.79 Å². The van der Waals surface area contributed by atoms with E-state index < -0.39 is 10.0 Å². The molecule has 0 N–H and O–H groups in total.